The maximum atomic E-state index is 13.3. The number of likely N-dealkylation sites (N-methyl/N-ethyl adjacent to an activating group) is 3. The van der Waals surface area contributed by atoms with Gasteiger partial charge in [0.05, 0.1) is 0 Å². The van der Waals surface area contributed by atoms with Crippen LogP contribution in [0, 0.1) is 0 Å². The van der Waals surface area contributed by atoms with Crippen LogP contribution in [0.2, 0.25) is 0 Å². The zero-order valence-corrected chi connectivity index (χ0v) is 28.4. The van der Waals surface area contributed by atoms with Crippen LogP contribution in [0.1, 0.15) is 41.0 Å². The Morgan fingerprint density at radius 3 is 2.27 bits per heavy atom. The van der Waals surface area contributed by atoms with E-state index in [0.29, 0.717) is 41.5 Å². The van der Waals surface area contributed by atoms with Crippen LogP contribution in [0.3, 0.4) is 0 Å². The first kappa shape index (κ1) is 37.1. The number of benzene rings is 2. The molecule has 48 heavy (non-hydrogen) atoms. The summed E-state index contributed by atoms with van der Waals surface area (Å²) in [6.07, 6.45) is 5.48. The fourth-order valence-corrected chi connectivity index (χ4v) is 4.23. The molecule has 0 saturated carbocycles. The molecular formula is C34H46N10O4. The molecule has 3 rings (SSSR count). The van der Waals surface area contributed by atoms with Crippen molar-refractivity contribution in [3.05, 3.63) is 78.0 Å². The Morgan fingerprint density at radius 2 is 1.62 bits per heavy atom. The highest BCUT2D eigenvalue weighted by Crippen LogP contribution is 2.21. The second-order valence-corrected chi connectivity index (χ2v) is 11.6. The quantitative estimate of drug-likeness (QED) is 0.135. The number of aromatic nitrogens is 2. The number of carbonyl (C=O) groups is 4. The normalized spacial score (nSPS) is 11.8. The number of carbonyl (C=O) groups excluding carboxylic acids is 4. The van der Waals surface area contributed by atoms with Crippen LogP contribution in [-0.2, 0) is 9.59 Å². The van der Waals surface area contributed by atoms with Crippen molar-refractivity contribution >= 4 is 52.5 Å². The van der Waals surface area contributed by atoms with Crippen molar-refractivity contribution in [3.63, 3.8) is 0 Å². The first-order valence-corrected chi connectivity index (χ1v) is 15.6. The number of nitrogens with zero attached hydrogens (tertiary/aromatic N) is 5. The van der Waals surface area contributed by atoms with Crippen molar-refractivity contribution in [1.82, 2.24) is 24.7 Å². The van der Waals surface area contributed by atoms with E-state index in [2.05, 4.69) is 41.0 Å². The minimum atomic E-state index is -0.746. The van der Waals surface area contributed by atoms with Gasteiger partial charge in [-0.15, -0.1) is 0 Å². The second kappa shape index (κ2) is 18.1. The van der Waals surface area contributed by atoms with Gasteiger partial charge in [-0.3, -0.25) is 19.2 Å². The van der Waals surface area contributed by atoms with Gasteiger partial charge in [0.2, 0.25) is 23.7 Å². The number of nitrogens with two attached hydrogens (primary N) is 1. The third kappa shape index (κ3) is 11.5. The van der Waals surface area contributed by atoms with Crippen molar-refractivity contribution in [2.45, 2.75) is 26.3 Å². The van der Waals surface area contributed by atoms with E-state index in [0.717, 1.165) is 19.5 Å². The predicted octanol–water partition coefficient (Wildman–Crippen LogP) is 3.23. The van der Waals surface area contributed by atoms with Gasteiger partial charge < -0.3 is 41.7 Å². The average molecular weight is 659 g/mol. The van der Waals surface area contributed by atoms with Gasteiger partial charge in [0.25, 0.3) is 5.91 Å². The molecular weight excluding hydrogens is 612 g/mol. The van der Waals surface area contributed by atoms with E-state index in [4.69, 9.17) is 5.73 Å². The molecule has 0 radical (unpaired) electrons. The molecule has 0 fully saturated rings. The van der Waals surface area contributed by atoms with Crippen LogP contribution >= 0.6 is 0 Å². The molecule has 0 aliphatic carbocycles. The van der Waals surface area contributed by atoms with E-state index in [1.165, 1.54) is 17.2 Å². The van der Waals surface area contributed by atoms with Gasteiger partial charge in [0.1, 0.15) is 17.4 Å². The third-order valence-corrected chi connectivity index (χ3v) is 7.30. The Kier molecular flexibility index (Phi) is 14.0. The molecule has 14 nitrogen and oxygen atoms in total. The standard InChI is InChI=1S/C34H46N10O4/c1-7-17-36-31-28(22-37-34(41-31)40-25-15-13-24(14-16-25)30(35)46)33(48)39-27-11-8-10-26(21-27)38-32(47)23(2)44(6)29(45)12-9-18-43(5)20-19-42(3)4/h8-16,21-23H,7,17-20H2,1-6H3,(H2,35,46)(H,38,47)(H,39,48)(H2,36,37,40,41)/b12-9+/t23-/m0/s1. The Morgan fingerprint density at radius 1 is 0.938 bits per heavy atom. The molecule has 14 heteroatoms. The van der Waals surface area contributed by atoms with E-state index in [1.54, 1.807) is 68.6 Å². The van der Waals surface area contributed by atoms with Crippen LogP contribution in [0.5, 0.6) is 0 Å². The van der Waals surface area contributed by atoms with Crippen molar-refractivity contribution in [3.8, 4) is 0 Å². The molecule has 0 aliphatic rings. The van der Waals surface area contributed by atoms with Gasteiger partial charge in [-0.1, -0.05) is 19.1 Å². The fourth-order valence-electron chi connectivity index (χ4n) is 4.23. The lowest BCUT2D eigenvalue weighted by atomic mass is 10.2. The fraction of sp³-hybridized carbons (Fsp3) is 0.353. The van der Waals surface area contributed by atoms with Crippen LogP contribution in [0.25, 0.3) is 0 Å². The van der Waals surface area contributed by atoms with E-state index in [-0.39, 0.29) is 23.3 Å². The summed E-state index contributed by atoms with van der Waals surface area (Å²) in [5.74, 6) is -1.05. The number of primary amides is 1. The molecule has 1 heterocycles. The van der Waals surface area contributed by atoms with Crippen LogP contribution < -0.4 is 27.0 Å². The molecule has 0 saturated heterocycles. The zero-order chi connectivity index (χ0) is 35.2. The summed E-state index contributed by atoms with van der Waals surface area (Å²) < 4.78 is 0. The maximum Gasteiger partial charge on any atom is 0.260 e. The van der Waals surface area contributed by atoms with Crippen molar-refractivity contribution in [2.24, 2.45) is 5.73 Å². The van der Waals surface area contributed by atoms with Crippen LogP contribution in [-0.4, -0.2) is 109 Å². The summed E-state index contributed by atoms with van der Waals surface area (Å²) in [4.78, 5) is 64.7. The smallest absolute Gasteiger partial charge is 0.260 e. The molecule has 2 aromatic carbocycles. The summed E-state index contributed by atoms with van der Waals surface area (Å²) in [5.41, 5.74) is 7.43. The maximum absolute atomic E-state index is 13.3. The molecule has 1 atom stereocenters. The van der Waals surface area contributed by atoms with Gasteiger partial charge in [-0.25, -0.2) is 4.98 Å². The SMILES string of the molecule is CCCNc1nc(Nc2ccc(C(N)=O)cc2)ncc1C(=O)Nc1cccc(NC(=O)[C@H](C)N(C)C(=O)/C=C/CN(C)CCN(C)C)c1. The minimum Gasteiger partial charge on any atom is -0.369 e. The lowest BCUT2D eigenvalue weighted by Gasteiger charge is -2.23. The lowest BCUT2D eigenvalue weighted by molar-refractivity contribution is -0.132. The van der Waals surface area contributed by atoms with Crippen molar-refractivity contribution in [1.29, 1.82) is 0 Å². The first-order chi connectivity index (χ1) is 22.9. The van der Waals surface area contributed by atoms with E-state index >= 15 is 0 Å². The first-order valence-electron chi connectivity index (χ1n) is 15.6. The van der Waals surface area contributed by atoms with Gasteiger partial charge >= 0.3 is 0 Å². The molecule has 0 unspecified atom stereocenters. The number of rotatable bonds is 17. The Bertz CT molecular complexity index is 1590. The topological polar surface area (TPSA) is 178 Å². The van der Waals surface area contributed by atoms with Gasteiger partial charge in [-0.2, -0.15) is 4.98 Å². The van der Waals surface area contributed by atoms with Crippen molar-refractivity contribution < 1.29 is 19.2 Å². The summed E-state index contributed by atoms with van der Waals surface area (Å²) in [6, 6.07) is 12.5. The predicted molar refractivity (Wildman–Crippen MR) is 190 cm³/mol. The number of hydrogen-bond donors (Lipinski definition) is 5. The molecule has 1 aromatic heterocycles. The largest absolute Gasteiger partial charge is 0.369 e. The Balaban J connectivity index is 1.63. The second-order valence-electron chi connectivity index (χ2n) is 11.6. The van der Waals surface area contributed by atoms with E-state index < -0.39 is 17.9 Å². The van der Waals surface area contributed by atoms with Gasteiger partial charge in [-0.05, 0) is 77.0 Å². The highest BCUT2D eigenvalue weighted by Gasteiger charge is 2.22. The number of hydrogen-bond acceptors (Lipinski definition) is 10. The van der Waals surface area contributed by atoms with Gasteiger partial charge in [0.15, 0.2) is 0 Å². The minimum absolute atomic E-state index is 0.221. The summed E-state index contributed by atoms with van der Waals surface area (Å²) in [6.45, 7) is 6.61. The van der Waals surface area contributed by atoms with Crippen molar-refractivity contribution in [2.75, 3.05) is 75.6 Å². The third-order valence-electron chi connectivity index (χ3n) is 7.30. The monoisotopic (exact) mass is 658 g/mol. The van der Waals surface area contributed by atoms with E-state index in [9.17, 15) is 19.2 Å². The Labute approximate surface area is 281 Å². The molecule has 0 bridgehead atoms. The van der Waals surface area contributed by atoms with Crippen LogP contribution in [0.15, 0.2) is 66.9 Å². The Hall–Kier alpha value is -5.34. The molecule has 0 spiro atoms. The molecule has 256 valence electrons. The van der Waals surface area contributed by atoms with Gasteiger partial charge in [0, 0.05) is 68.1 Å². The molecule has 3 aromatic rings. The zero-order valence-electron chi connectivity index (χ0n) is 28.4. The lowest BCUT2D eigenvalue weighted by Crippen LogP contribution is -2.42. The number of amides is 4. The summed E-state index contributed by atoms with van der Waals surface area (Å²) in [5, 5.41) is 11.9. The van der Waals surface area contributed by atoms with E-state index in [1.807, 2.05) is 28.1 Å². The molecule has 6 N–H and O–H groups in total. The average Bonchev–Trinajstić information content (AvgIpc) is 3.06. The van der Waals surface area contributed by atoms with Crippen LogP contribution in [0.4, 0.5) is 28.8 Å². The summed E-state index contributed by atoms with van der Waals surface area (Å²) in [7, 11) is 7.58. The molecule has 0 aliphatic heterocycles. The number of anilines is 5. The molecule has 4 amide bonds. The number of nitrogens with one attached hydrogen (secondary N) is 4. The highest BCUT2D eigenvalue weighted by atomic mass is 16.2. The highest BCUT2D eigenvalue weighted by molar-refractivity contribution is 6.08. The summed E-state index contributed by atoms with van der Waals surface area (Å²) >= 11 is 0.